The number of nitrogens with one attached hydrogen (secondary N) is 1. The molecule has 0 radical (unpaired) electrons. The molecule has 0 saturated heterocycles. The van der Waals surface area contributed by atoms with E-state index in [1.807, 2.05) is 6.92 Å². The molecule has 0 spiro atoms. The third-order valence-electron chi connectivity index (χ3n) is 3.73. The molecule has 0 aliphatic heterocycles. The first kappa shape index (κ1) is 18.1. The van der Waals surface area contributed by atoms with Crippen molar-refractivity contribution in [1.82, 2.24) is 14.5 Å². The lowest BCUT2D eigenvalue weighted by molar-refractivity contribution is 0.445. The van der Waals surface area contributed by atoms with E-state index in [2.05, 4.69) is 23.7 Å². The quantitative estimate of drug-likeness (QED) is 0.761. The highest BCUT2D eigenvalue weighted by molar-refractivity contribution is 7.89. The Kier molecular flexibility index (Phi) is 6.37. The van der Waals surface area contributed by atoms with E-state index in [4.69, 9.17) is 5.73 Å². The maximum absolute atomic E-state index is 12.6. The lowest BCUT2D eigenvalue weighted by Crippen LogP contribution is -2.34. The fraction of sp³-hybridized carbons (Fsp3) is 0.786. The fourth-order valence-electron chi connectivity index (χ4n) is 2.55. The van der Waals surface area contributed by atoms with Gasteiger partial charge in [0.05, 0.1) is 17.9 Å². The van der Waals surface area contributed by atoms with Gasteiger partial charge in [-0.1, -0.05) is 20.3 Å². The number of rotatable bonds is 8. The molecule has 21 heavy (non-hydrogen) atoms. The van der Waals surface area contributed by atoms with Crippen LogP contribution in [0.2, 0.25) is 0 Å². The van der Waals surface area contributed by atoms with Gasteiger partial charge in [0.1, 0.15) is 4.90 Å². The van der Waals surface area contributed by atoms with Crippen LogP contribution in [-0.4, -0.2) is 30.8 Å². The molecule has 122 valence electrons. The second-order valence-electron chi connectivity index (χ2n) is 5.78. The van der Waals surface area contributed by atoms with Gasteiger partial charge in [-0.2, -0.15) is 5.10 Å². The highest BCUT2D eigenvalue weighted by atomic mass is 32.2. The molecule has 0 aliphatic carbocycles. The van der Waals surface area contributed by atoms with Gasteiger partial charge in [-0.05, 0) is 33.1 Å². The summed E-state index contributed by atoms with van der Waals surface area (Å²) in [4.78, 5) is 0.284. The van der Waals surface area contributed by atoms with Gasteiger partial charge in [0.25, 0.3) is 0 Å². The van der Waals surface area contributed by atoms with Crippen LogP contribution >= 0.6 is 0 Å². The van der Waals surface area contributed by atoms with E-state index >= 15 is 0 Å². The number of nitrogens with two attached hydrogens (primary N) is 1. The van der Waals surface area contributed by atoms with Crippen molar-refractivity contribution in [1.29, 1.82) is 0 Å². The van der Waals surface area contributed by atoms with Crippen molar-refractivity contribution in [3.05, 3.63) is 11.4 Å². The highest BCUT2D eigenvalue weighted by Gasteiger charge is 2.26. The average molecular weight is 316 g/mol. The topological polar surface area (TPSA) is 90.0 Å². The van der Waals surface area contributed by atoms with E-state index in [9.17, 15) is 8.42 Å². The summed E-state index contributed by atoms with van der Waals surface area (Å²) in [5, 5.41) is 4.27. The second-order valence-corrected chi connectivity index (χ2v) is 7.43. The number of hydrogen-bond acceptors (Lipinski definition) is 4. The third kappa shape index (κ3) is 4.52. The Balaban J connectivity index is 2.98. The Labute approximate surface area is 128 Å². The second kappa shape index (κ2) is 7.38. The lowest BCUT2D eigenvalue weighted by Gasteiger charge is -2.17. The molecule has 1 aromatic heterocycles. The summed E-state index contributed by atoms with van der Waals surface area (Å²) in [6, 6.07) is -0.0957. The smallest absolute Gasteiger partial charge is 0.244 e. The van der Waals surface area contributed by atoms with Crippen LogP contribution in [0.5, 0.6) is 0 Å². The van der Waals surface area contributed by atoms with Crippen LogP contribution in [0.3, 0.4) is 0 Å². The molecule has 7 heteroatoms. The standard InChI is InChI=1S/C14H28N4O2S/c1-6-10(2)9-11(3)17-21(19,20)14-12(4)16-18(8-7-15)13(14)5/h10-11,17H,6-9,15H2,1-5H3. The van der Waals surface area contributed by atoms with Crippen molar-refractivity contribution >= 4 is 10.0 Å². The van der Waals surface area contributed by atoms with Gasteiger partial charge in [0.2, 0.25) is 10.0 Å². The van der Waals surface area contributed by atoms with Crippen LogP contribution in [0, 0.1) is 19.8 Å². The van der Waals surface area contributed by atoms with Crippen molar-refractivity contribution in [2.75, 3.05) is 6.54 Å². The number of sulfonamides is 1. The predicted molar refractivity (Wildman–Crippen MR) is 84.6 cm³/mol. The molecule has 0 saturated carbocycles. The monoisotopic (exact) mass is 316 g/mol. The van der Waals surface area contributed by atoms with E-state index in [0.717, 1.165) is 12.8 Å². The molecule has 1 heterocycles. The first-order chi connectivity index (χ1) is 9.72. The summed E-state index contributed by atoms with van der Waals surface area (Å²) in [6.45, 7) is 10.6. The molecular formula is C14H28N4O2S. The summed E-state index contributed by atoms with van der Waals surface area (Å²) in [5.74, 6) is 0.491. The van der Waals surface area contributed by atoms with Crippen LogP contribution < -0.4 is 10.5 Å². The number of hydrogen-bond donors (Lipinski definition) is 2. The van der Waals surface area contributed by atoms with Gasteiger partial charge >= 0.3 is 0 Å². The highest BCUT2D eigenvalue weighted by Crippen LogP contribution is 2.20. The minimum atomic E-state index is -3.55. The molecule has 1 rings (SSSR count). The SMILES string of the molecule is CCC(C)CC(C)NS(=O)(=O)c1c(C)nn(CCN)c1C. The Morgan fingerprint density at radius 3 is 2.48 bits per heavy atom. The van der Waals surface area contributed by atoms with Crippen LogP contribution in [0.1, 0.15) is 45.0 Å². The number of aromatic nitrogens is 2. The molecule has 1 aromatic rings. The Morgan fingerprint density at radius 2 is 1.95 bits per heavy atom. The Bertz CT molecular complexity index is 566. The molecule has 6 nitrogen and oxygen atoms in total. The van der Waals surface area contributed by atoms with Crippen LogP contribution in [-0.2, 0) is 16.6 Å². The predicted octanol–water partition coefficient (Wildman–Crippen LogP) is 1.56. The fourth-order valence-corrected chi connectivity index (χ4v) is 4.22. The zero-order valence-corrected chi connectivity index (χ0v) is 14.5. The van der Waals surface area contributed by atoms with Crippen molar-refractivity contribution in [2.24, 2.45) is 11.7 Å². The van der Waals surface area contributed by atoms with E-state index in [0.29, 0.717) is 30.4 Å². The summed E-state index contributed by atoms with van der Waals surface area (Å²) in [5.41, 5.74) is 6.68. The van der Waals surface area contributed by atoms with Crippen molar-refractivity contribution in [2.45, 2.75) is 64.9 Å². The first-order valence-electron chi connectivity index (χ1n) is 7.49. The number of nitrogens with zero attached hydrogens (tertiary/aromatic N) is 2. The van der Waals surface area contributed by atoms with Crippen molar-refractivity contribution in [3.8, 4) is 0 Å². The minimum Gasteiger partial charge on any atom is -0.329 e. The molecule has 2 unspecified atom stereocenters. The van der Waals surface area contributed by atoms with Gasteiger partial charge in [-0.25, -0.2) is 13.1 Å². The first-order valence-corrected chi connectivity index (χ1v) is 8.97. The van der Waals surface area contributed by atoms with Crippen LogP contribution in [0.4, 0.5) is 0 Å². The van der Waals surface area contributed by atoms with Crippen molar-refractivity contribution < 1.29 is 8.42 Å². The van der Waals surface area contributed by atoms with E-state index in [-0.39, 0.29) is 10.9 Å². The van der Waals surface area contributed by atoms with Gasteiger partial charge in [-0.3, -0.25) is 4.68 Å². The molecule has 3 N–H and O–H groups in total. The minimum absolute atomic E-state index is 0.0957. The van der Waals surface area contributed by atoms with Crippen molar-refractivity contribution in [3.63, 3.8) is 0 Å². The van der Waals surface area contributed by atoms with Gasteiger partial charge in [-0.15, -0.1) is 0 Å². The third-order valence-corrected chi connectivity index (χ3v) is 5.57. The van der Waals surface area contributed by atoms with Gasteiger partial charge < -0.3 is 5.73 Å². The average Bonchev–Trinajstić information content (AvgIpc) is 2.64. The molecular weight excluding hydrogens is 288 g/mol. The zero-order chi connectivity index (χ0) is 16.2. The lowest BCUT2D eigenvalue weighted by atomic mass is 10.0. The molecule has 0 aromatic carbocycles. The van der Waals surface area contributed by atoms with Gasteiger partial charge in [0, 0.05) is 12.6 Å². The van der Waals surface area contributed by atoms with Crippen LogP contribution in [0.15, 0.2) is 4.90 Å². The normalized spacial score (nSPS) is 15.1. The van der Waals surface area contributed by atoms with E-state index in [1.54, 1.807) is 18.5 Å². The number of aryl methyl sites for hydroxylation is 1. The Morgan fingerprint density at radius 1 is 1.33 bits per heavy atom. The summed E-state index contributed by atoms with van der Waals surface area (Å²) in [7, 11) is -3.55. The Hall–Kier alpha value is -0.920. The van der Waals surface area contributed by atoms with E-state index < -0.39 is 10.0 Å². The molecule has 0 aliphatic rings. The summed E-state index contributed by atoms with van der Waals surface area (Å²) in [6.07, 6.45) is 1.86. The maximum Gasteiger partial charge on any atom is 0.244 e. The maximum atomic E-state index is 12.6. The largest absolute Gasteiger partial charge is 0.329 e. The molecule has 2 atom stereocenters. The summed E-state index contributed by atoms with van der Waals surface area (Å²) < 4.78 is 29.6. The molecule has 0 bridgehead atoms. The van der Waals surface area contributed by atoms with Gasteiger partial charge in [0.15, 0.2) is 0 Å². The molecule has 0 amide bonds. The van der Waals surface area contributed by atoms with Crippen LogP contribution in [0.25, 0.3) is 0 Å². The summed E-state index contributed by atoms with van der Waals surface area (Å²) >= 11 is 0. The zero-order valence-electron chi connectivity index (χ0n) is 13.7. The molecule has 0 fully saturated rings. The van der Waals surface area contributed by atoms with E-state index in [1.165, 1.54) is 0 Å².